The van der Waals surface area contributed by atoms with Crippen LogP contribution in [0.4, 0.5) is 4.39 Å². The maximum Gasteiger partial charge on any atom is 0.264 e. The summed E-state index contributed by atoms with van der Waals surface area (Å²) in [7, 11) is -4.05. The molecule has 0 saturated carbocycles. The molecular weight excluding hydrogens is 427 g/mol. The third kappa shape index (κ3) is 5.21. The Bertz CT molecular complexity index is 998. The summed E-state index contributed by atoms with van der Waals surface area (Å²) in [6.45, 7) is 3.65. The van der Waals surface area contributed by atoms with Crippen LogP contribution in [0.5, 0.6) is 5.75 Å². The van der Waals surface area contributed by atoms with Crippen molar-refractivity contribution in [3.63, 3.8) is 0 Å². The van der Waals surface area contributed by atoms with E-state index in [4.69, 9.17) is 14.7 Å². The Kier molecular flexibility index (Phi) is 7.26. The van der Waals surface area contributed by atoms with E-state index in [-0.39, 0.29) is 30.0 Å². The number of hydrogen-bond acceptors (Lipinski definition) is 6. The van der Waals surface area contributed by atoms with Gasteiger partial charge in [-0.3, -0.25) is 10.0 Å². The molecule has 3 atom stereocenters. The number of hydrogen-bond donors (Lipinski definition) is 2. The van der Waals surface area contributed by atoms with E-state index in [1.54, 1.807) is 19.1 Å². The van der Waals surface area contributed by atoms with Gasteiger partial charge in [0.05, 0.1) is 17.1 Å². The van der Waals surface area contributed by atoms with Crippen LogP contribution in [0.2, 0.25) is 0 Å². The van der Waals surface area contributed by atoms with Crippen LogP contribution in [0.25, 0.3) is 0 Å². The first-order chi connectivity index (χ1) is 14.8. The molecule has 8 nitrogen and oxygen atoms in total. The SMILES string of the molecule is CC[C@H]1CN(S(=O)(=O)c2ccc(OCc3ccc(F)cc3)cc2)C(C(=O)NO)C(C)O1. The fraction of sp³-hybridized carbons (Fsp3) is 0.381. The van der Waals surface area contributed by atoms with Crippen molar-refractivity contribution in [1.29, 1.82) is 0 Å². The zero-order chi connectivity index (χ0) is 22.6. The number of carbonyl (C=O) groups excluding carboxylic acids is 1. The molecule has 1 aliphatic heterocycles. The summed E-state index contributed by atoms with van der Waals surface area (Å²) in [6.07, 6.45) is -0.537. The minimum Gasteiger partial charge on any atom is -0.489 e. The molecule has 2 N–H and O–H groups in total. The van der Waals surface area contributed by atoms with Crippen LogP contribution in [0.3, 0.4) is 0 Å². The maximum atomic E-state index is 13.3. The van der Waals surface area contributed by atoms with Crippen molar-refractivity contribution in [3.05, 3.63) is 59.9 Å². The lowest BCUT2D eigenvalue weighted by Crippen LogP contribution is -2.61. The van der Waals surface area contributed by atoms with E-state index in [0.29, 0.717) is 12.2 Å². The van der Waals surface area contributed by atoms with Gasteiger partial charge in [-0.15, -0.1) is 0 Å². The lowest BCUT2D eigenvalue weighted by molar-refractivity contribution is -0.148. The van der Waals surface area contributed by atoms with Gasteiger partial charge in [0.15, 0.2) is 0 Å². The molecule has 3 rings (SSSR count). The smallest absolute Gasteiger partial charge is 0.264 e. The minimum absolute atomic E-state index is 0.00984. The molecule has 1 amide bonds. The number of rotatable bonds is 7. The molecule has 2 unspecified atom stereocenters. The maximum absolute atomic E-state index is 13.3. The van der Waals surface area contributed by atoms with Crippen molar-refractivity contribution in [2.45, 2.75) is 50.0 Å². The second-order valence-corrected chi connectivity index (χ2v) is 9.14. The van der Waals surface area contributed by atoms with Gasteiger partial charge in [-0.25, -0.2) is 18.3 Å². The van der Waals surface area contributed by atoms with E-state index in [2.05, 4.69) is 0 Å². The van der Waals surface area contributed by atoms with Crippen LogP contribution in [-0.4, -0.2) is 48.6 Å². The van der Waals surface area contributed by atoms with Gasteiger partial charge in [-0.05, 0) is 55.3 Å². The second kappa shape index (κ2) is 9.73. The van der Waals surface area contributed by atoms with Crippen molar-refractivity contribution >= 4 is 15.9 Å². The zero-order valence-corrected chi connectivity index (χ0v) is 18.0. The van der Waals surface area contributed by atoms with Crippen LogP contribution in [0.15, 0.2) is 53.4 Å². The van der Waals surface area contributed by atoms with Gasteiger partial charge in [0.2, 0.25) is 10.0 Å². The van der Waals surface area contributed by atoms with Crippen molar-refractivity contribution in [3.8, 4) is 5.75 Å². The highest BCUT2D eigenvalue weighted by Gasteiger charge is 2.45. The lowest BCUT2D eigenvalue weighted by atomic mass is 10.1. The number of halogens is 1. The summed E-state index contributed by atoms with van der Waals surface area (Å²) < 4.78 is 51.9. The molecule has 10 heteroatoms. The minimum atomic E-state index is -4.05. The van der Waals surface area contributed by atoms with Crippen molar-refractivity contribution in [1.82, 2.24) is 9.79 Å². The summed E-state index contributed by atoms with van der Waals surface area (Å²) in [6, 6.07) is 10.5. The fourth-order valence-corrected chi connectivity index (χ4v) is 5.12. The van der Waals surface area contributed by atoms with Gasteiger partial charge in [0.1, 0.15) is 24.2 Å². The Morgan fingerprint density at radius 3 is 2.45 bits per heavy atom. The van der Waals surface area contributed by atoms with Gasteiger partial charge in [-0.2, -0.15) is 4.31 Å². The number of sulfonamides is 1. The first-order valence-corrected chi connectivity index (χ1v) is 11.3. The highest BCUT2D eigenvalue weighted by atomic mass is 32.2. The molecule has 0 spiro atoms. The summed E-state index contributed by atoms with van der Waals surface area (Å²) in [5, 5.41) is 9.07. The second-order valence-electron chi connectivity index (χ2n) is 7.25. The molecule has 2 aromatic carbocycles. The Morgan fingerprint density at radius 2 is 1.87 bits per heavy atom. The van der Waals surface area contributed by atoms with Crippen molar-refractivity contribution in [2.24, 2.45) is 0 Å². The van der Waals surface area contributed by atoms with E-state index in [9.17, 15) is 17.6 Å². The summed E-state index contributed by atoms with van der Waals surface area (Å²) >= 11 is 0. The predicted octanol–water partition coefficient (Wildman–Crippen LogP) is 2.47. The number of amides is 1. The van der Waals surface area contributed by atoms with Crippen LogP contribution in [0.1, 0.15) is 25.8 Å². The van der Waals surface area contributed by atoms with Crippen LogP contribution >= 0.6 is 0 Å². The number of benzene rings is 2. The Morgan fingerprint density at radius 1 is 1.23 bits per heavy atom. The van der Waals surface area contributed by atoms with E-state index in [0.717, 1.165) is 9.87 Å². The van der Waals surface area contributed by atoms with Gasteiger partial charge in [0.25, 0.3) is 5.91 Å². The molecule has 0 radical (unpaired) electrons. The van der Waals surface area contributed by atoms with Crippen LogP contribution < -0.4 is 10.2 Å². The number of morpholine rings is 1. The predicted molar refractivity (Wildman–Crippen MR) is 109 cm³/mol. The lowest BCUT2D eigenvalue weighted by Gasteiger charge is -2.41. The molecule has 1 saturated heterocycles. The highest BCUT2D eigenvalue weighted by Crippen LogP contribution is 2.28. The van der Waals surface area contributed by atoms with E-state index in [1.807, 2.05) is 6.92 Å². The third-order valence-electron chi connectivity index (χ3n) is 5.13. The monoisotopic (exact) mass is 452 g/mol. The quantitative estimate of drug-likeness (QED) is 0.494. The molecule has 1 heterocycles. The number of hydroxylamine groups is 1. The Hall–Kier alpha value is -2.53. The average molecular weight is 453 g/mol. The first kappa shape index (κ1) is 23.1. The molecule has 1 aliphatic rings. The molecule has 0 bridgehead atoms. The molecular formula is C21H25FN2O6S. The van der Waals surface area contributed by atoms with Gasteiger partial charge in [-0.1, -0.05) is 19.1 Å². The largest absolute Gasteiger partial charge is 0.489 e. The molecule has 168 valence electrons. The van der Waals surface area contributed by atoms with Gasteiger partial charge in [0, 0.05) is 6.54 Å². The molecule has 31 heavy (non-hydrogen) atoms. The van der Waals surface area contributed by atoms with E-state index in [1.165, 1.54) is 41.9 Å². The molecule has 2 aromatic rings. The highest BCUT2D eigenvalue weighted by molar-refractivity contribution is 7.89. The van der Waals surface area contributed by atoms with Crippen molar-refractivity contribution in [2.75, 3.05) is 6.54 Å². The first-order valence-electron chi connectivity index (χ1n) is 9.84. The summed E-state index contributed by atoms with van der Waals surface area (Å²) in [5.41, 5.74) is 2.30. The standard InChI is InChI=1S/C21H25FN2O6S/c1-3-17-12-24(20(14(2)30-17)21(25)23-26)31(27,28)19-10-8-18(9-11-19)29-13-15-4-6-16(22)7-5-15/h4-11,14,17,20,26H,3,12-13H2,1-2H3,(H,23,25)/t14?,17-,20?/m0/s1. The number of carbonyl (C=O) groups is 1. The fourth-order valence-electron chi connectivity index (χ4n) is 3.44. The topological polar surface area (TPSA) is 105 Å². The average Bonchev–Trinajstić information content (AvgIpc) is 2.77. The Balaban J connectivity index is 1.79. The van der Waals surface area contributed by atoms with E-state index < -0.39 is 28.1 Å². The normalized spacial score (nSPS) is 22.1. The van der Waals surface area contributed by atoms with Crippen molar-refractivity contribution < 1.29 is 32.3 Å². The molecule has 0 aliphatic carbocycles. The summed E-state index contributed by atoms with van der Waals surface area (Å²) in [5.74, 6) is -0.756. The summed E-state index contributed by atoms with van der Waals surface area (Å²) in [4.78, 5) is 12.2. The number of ether oxygens (including phenoxy) is 2. The van der Waals surface area contributed by atoms with E-state index >= 15 is 0 Å². The molecule has 0 aromatic heterocycles. The number of nitrogens with zero attached hydrogens (tertiary/aromatic N) is 1. The van der Waals surface area contributed by atoms with Gasteiger partial charge < -0.3 is 9.47 Å². The number of nitrogens with one attached hydrogen (secondary N) is 1. The van der Waals surface area contributed by atoms with Crippen LogP contribution in [0, 0.1) is 5.82 Å². The Labute approximate surface area is 180 Å². The van der Waals surface area contributed by atoms with Crippen LogP contribution in [-0.2, 0) is 26.2 Å². The third-order valence-corrected chi connectivity index (χ3v) is 6.99. The van der Waals surface area contributed by atoms with Gasteiger partial charge >= 0.3 is 0 Å². The zero-order valence-electron chi connectivity index (χ0n) is 17.2. The molecule has 1 fully saturated rings.